The van der Waals surface area contributed by atoms with Crippen LogP contribution < -0.4 is 0 Å². The van der Waals surface area contributed by atoms with Gasteiger partial charge in [0.15, 0.2) is 5.90 Å². The number of hydrogen-bond acceptors (Lipinski definition) is 2. The molecule has 0 saturated heterocycles. The Hall–Kier alpha value is -0.860. The molecule has 0 saturated carbocycles. The maximum absolute atomic E-state index is 11.0. The molecule has 0 aromatic carbocycles. The summed E-state index contributed by atoms with van der Waals surface area (Å²) < 4.78 is 5.10. The molecule has 82 valence electrons. The lowest BCUT2D eigenvalue weighted by Gasteiger charge is -2.30. The molecule has 0 aromatic heterocycles. The van der Waals surface area contributed by atoms with Crippen LogP contribution in [-0.4, -0.2) is 18.9 Å². The van der Waals surface area contributed by atoms with Gasteiger partial charge in [0.25, 0.3) is 0 Å². The zero-order valence-electron chi connectivity index (χ0n) is 9.89. The van der Waals surface area contributed by atoms with Gasteiger partial charge < -0.3 is 4.74 Å². The first kappa shape index (κ1) is 13.1. The standard InChI is InChI=1S/C9H15NO2.C2H6/c1-4-9(2)6-5-7(11)10-8(9)12-3;1-2/h4-6H2,1-3H3;1-2H3. The molecule has 1 unspecified atom stereocenters. The average molecular weight is 199 g/mol. The molecule has 3 nitrogen and oxygen atoms in total. The van der Waals surface area contributed by atoms with Crippen molar-refractivity contribution < 1.29 is 9.53 Å². The van der Waals surface area contributed by atoms with Gasteiger partial charge in [-0.1, -0.05) is 27.7 Å². The summed E-state index contributed by atoms with van der Waals surface area (Å²) in [6, 6.07) is 0. The second kappa shape index (κ2) is 5.78. The highest BCUT2D eigenvalue weighted by Gasteiger charge is 2.34. The highest BCUT2D eigenvalue weighted by molar-refractivity contribution is 5.96. The quantitative estimate of drug-likeness (QED) is 0.651. The number of aliphatic imine (C=N–C) groups is 1. The number of carbonyl (C=O) groups is 1. The van der Waals surface area contributed by atoms with E-state index in [0.717, 1.165) is 12.8 Å². The Morgan fingerprint density at radius 2 is 2.07 bits per heavy atom. The minimum absolute atomic E-state index is 0.0251. The summed E-state index contributed by atoms with van der Waals surface area (Å²) in [6.45, 7) is 8.17. The predicted molar refractivity (Wildman–Crippen MR) is 58.4 cm³/mol. The van der Waals surface area contributed by atoms with Crippen molar-refractivity contribution in [1.82, 2.24) is 0 Å². The van der Waals surface area contributed by atoms with Crippen LogP contribution in [0.15, 0.2) is 4.99 Å². The van der Waals surface area contributed by atoms with Gasteiger partial charge in [-0.25, -0.2) is 0 Å². The number of rotatable bonds is 1. The van der Waals surface area contributed by atoms with E-state index in [1.165, 1.54) is 0 Å². The number of amides is 1. The predicted octanol–water partition coefficient (Wildman–Crippen LogP) is 2.79. The van der Waals surface area contributed by atoms with Crippen molar-refractivity contribution in [3.63, 3.8) is 0 Å². The van der Waals surface area contributed by atoms with Crippen LogP contribution in [0.5, 0.6) is 0 Å². The van der Waals surface area contributed by atoms with E-state index in [9.17, 15) is 4.79 Å². The first-order valence-corrected chi connectivity index (χ1v) is 5.28. The van der Waals surface area contributed by atoms with Crippen LogP contribution in [-0.2, 0) is 9.53 Å². The monoisotopic (exact) mass is 199 g/mol. The van der Waals surface area contributed by atoms with Crippen molar-refractivity contribution in [2.75, 3.05) is 7.11 Å². The molecule has 0 aromatic rings. The van der Waals surface area contributed by atoms with Crippen LogP contribution >= 0.6 is 0 Å². The minimum Gasteiger partial charge on any atom is -0.484 e. The smallest absolute Gasteiger partial charge is 0.248 e. The molecular formula is C11H21NO2. The molecule has 0 aliphatic carbocycles. The molecule has 0 spiro atoms. The molecule has 14 heavy (non-hydrogen) atoms. The van der Waals surface area contributed by atoms with Crippen molar-refractivity contribution in [3.8, 4) is 0 Å². The van der Waals surface area contributed by atoms with Crippen molar-refractivity contribution in [3.05, 3.63) is 0 Å². The van der Waals surface area contributed by atoms with Gasteiger partial charge in [0.2, 0.25) is 5.91 Å². The lowest BCUT2D eigenvalue weighted by Crippen LogP contribution is -2.33. The largest absolute Gasteiger partial charge is 0.484 e. The molecule has 0 N–H and O–H groups in total. The maximum atomic E-state index is 11.0. The van der Waals surface area contributed by atoms with Gasteiger partial charge in [-0.15, -0.1) is 0 Å². The van der Waals surface area contributed by atoms with Crippen molar-refractivity contribution in [2.24, 2.45) is 10.4 Å². The fourth-order valence-electron chi connectivity index (χ4n) is 1.41. The van der Waals surface area contributed by atoms with E-state index in [4.69, 9.17) is 4.74 Å². The molecule has 0 bridgehead atoms. The first-order valence-electron chi connectivity index (χ1n) is 5.28. The normalized spacial score (nSPS) is 26.1. The Bertz CT molecular complexity index is 223. The summed E-state index contributed by atoms with van der Waals surface area (Å²) in [6.07, 6.45) is 2.37. The molecule has 0 fully saturated rings. The molecule has 1 atom stereocenters. The molecule has 0 radical (unpaired) electrons. The van der Waals surface area contributed by atoms with Gasteiger partial charge in [0.1, 0.15) is 0 Å². The number of hydrogen-bond donors (Lipinski definition) is 0. The molecule has 1 heterocycles. The van der Waals surface area contributed by atoms with E-state index in [2.05, 4.69) is 18.8 Å². The van der Waals surface area contributed by atoms with Gasteiger partial charge in [-0.05, 0) is 12.8 Å². The van der Waals surface area contributed by atoms with E-state index in [-0.39, 0.29) is 11.3 Å². The summed E-state index contributed by atoms with van der Waals surface area (Å²) in [7, 11) is 1.57. The van der Waals surface area contributed by atoms with Gasteiger partial charge >= 0.3 is 0 Å². The number of nitrogens with zero attached hydrogens (tertiary/aromatic N) is 1. The topological polar surface area (TPSA) is 38.7 Å². The summed E-state index contributed by atoms with van der Waals surface area (Å²) in [5.41, 5.74) is -0.0251. The van der Waals surface area contributed by atoms with Crippen molar-refractivity contribution >= 4 is 11.8 Å². The van der Waals surface area contributed by atoms with Crippen molar-refractivity contribution in [1.29, 1.82) is 0 Å². The van der Waals surface area contributed by atoms with Crippen LogP contribution in [0, 0.1) is 5.41 Å². The highest BCUT2D eigenvalue weighted by Crippen LogP contribution is 2.32. The van der Waals surface area contributed by atoms with Crippen LogP contribution in [0.4, 0.5) is 0 Å². The van der Waals surface area contributed by atoms with E-state index in [0.29, 0.717) is 12.3 Å². The lowest BCUT2D eigenvalue weighted by molar-refractivity contribution is -0.119. The first-order chi connectivity index (χ1) is 6.62. The molecule has 1 rings (SSSR count). The molecular weight excluding hydrogens is 178 g/mol. The van der Waals surface area contributed by atoms with Crippen LogP contribution in [0.25, 0.3) is 0 Å². The molecule has 1 aliphatic rings. The maximum Gasteiger partial charge on any atom is 0.248 e. The van der Waals surface area contributed by atoms with Crippen LogP contribution in [0.2, 0.25) is 0 Å². The van der Waals surface area contributed by atoms with Crippen LogP contribution in [0.3, 0.4) is 0 Å². The van der Waals surface area contributed by atoms with Gasteiger partial charge in [-0.2, -0.15) is 4.99 Å². The summed E-state index contributed by atoms with van der Waals surface area (Å²) in [5, 5.41) is 0. The zero-order chi connectivity index (χ0) is 11.2. The molecule has 1 amide bonds. The van der Waals surface area contributed by atoms with E-state index < -0.39 is 0 Å². The average Bonchev–Trinajstić information content (AvgIpc) is 2.24. The third kappa shape index (κ3) is 2.82. The fourth-order valence-corrected chi connectivity index (χ4v) is 1.41. The number of methoxy groups -OCH3 is 1. The third-order valence-electron chi connectivity index (χ3n) is 2.61. The Labute approximate surface area is 86.6 Å². The molecule has 1 aliphatic heterocycles. The Morgan fingerprint density at radius 1 is 1.50 bits per heavy atom. The van der Waals surface area contributed by atoms with Crippen molar-refractivity contribution in [2.45, 2.75) is 47.0 Å². The van der Waals surface area contributed by atoms with E-state index in [1.807, 2.05) is 13.8 Å². The highest BCUT2D eigenvalue weighted by atomic mass is 16.5. The van der Waals surface area contributed by atoms with E-state index in [1.54, 1.807) is 7.11 Å². The Balaban J connectivity index is 0.000000791. The Morgan fingerprint density at radius 3 is 2.50 bits per heavy atom. The van der Waals surface area contributed by atoms with Crippen LogP contribution in [0.1, 0.15) is 47.0 Å². The number of carbonyl (C=O) groups excluding carboxylic acids is 1. The van der Waals surface area contributed by atoms with Gasteiger partial charge in [-0.3, -0.25) is 4.79 Å². The van der Waals surface area contributed by atoms with Gasteiger partial charge in [0, 0.05) is 11.8 Å². The lowest BCUT2D eigenvalue weighted by atomic mass is 9.81. The zero-order valence-corrected chi connectivity index (χ0v) is 9.89. The second-order valence-corrected chi connectivity index (χ2v) is 3.43. The minimum atomic E-state index is -0.0576. The third-order valence-corrected chi connectivity index (χ3v) is 2.61. The Kier molecular flexibility index (Phi) is 5.43. The summed E-state index contributed by atoms with van der Waals surface area (Å²) >= 11 is 0. The summed E-state index contributed by atoms with van der Waals surface area (Å²) in [5.74, 6) is 0.541. The van der Waals surface area contributed by atoms with E-state index >= 15 is 0 Å². The molecule has 3 heteroatoms. The van der Waals surface area contributed by atoms with Gasteiger partial charge in [0.05, 0.1) is 7.11 Å². The number of ether oxygens (including phenoxy) is 1. The second-order valence-electron chi connectivity index (χ2n) is 3.43. The summed E-state index contributed by atoms with van der Waals surface area (Å²) in [4.78, 5) is 14.8. The fraction of sp³-hybridized carbons (Fsp3) is 0.818. The SMILES string of the molecule is CC.CCC1(C)CCC(=O)N=C1OC.